The highest BCUT2D eigenvalue weighted by molar-refractivity contribution is 6.11. The number of para-hydroxylation sites is 2. The standard InChI is InChI=1S/C43H27N3O2/c1-2-11-26(12-3-1)30-24-34(40-32-16-7-9-19-36(32)48-38(40)25-30)43-45-41(29-22-21-27-13-4-5-14-28(27)23-29)44-42(46-43)33-17-10-20-37-39(33)31-15-6-8-18-35(31)47-37/h1-25,38,40H. The maximum atomic E-state index is 6.59. The summed E-state index contributed by atoms with van der Waals surface area (Å²) in [6, 6.07) is 47.7. The Bertz CT molecular complexity index is 2620. The molecule has 0 radical (unpaired) electrons. The van der Waals surface area contributed by atoms with Crippen LogP contribution in [0.1, 0.15) is 22.9 Å². The van der Waals surface area contributed by atoms with Crippen LogP contribution in [0.2, 0.25) is 0 Å². The van der Waals surface area contributed by atoms with Gasteiger partial charge in [0.25, 0.3) is 0 Å². The number of ether oxygens (including phenoxy) is 1. The van der Waals surface area contributed by atoms with Gasteiger partial charge in [0.05, 0.1) is 5.92 Å². The SMILES string of the molecule is C1=C(c2ccccc2)C=C(c2nc(-c3ccc4ccccc4c3)nc(-c3cccc4oc5ccccc5c34)n2)C2c3ccccc3OC12. The van der Waals surface area contributed by atoms with Crippen molar-refractivity contribution < 1.29 is 9.15 Å². The van der Waals surface area contributed by atoms with Crippen molar-refractivity contribution in [3.63, 3.8) is 0 Å². The molecule has 3 heterocycles. The predicted octanol–water partition coefficient (Wildman–Crippen LogP) is 10.3. The van der Waals surface area contributed by atoms with Gasteiger partial charge in [-0.15, -0.1) is 0 Å². The highest BCUT2D eigenvalue weighted by Crippen LogP contribution is 2.50. The Balaban J connectivity index is 1.24. The molecule has 0 bridgehead atoms. The zero-order valence-electron chi connectivity index (χ0n) is 25.7. The molecular formula is C43H27N3O2. The van der Waals surface area contributed by atoms with Crippen LogP contribution in [0, 0.1) is 0 Å². The zero-order chi connectivity index (χ0) is 31.6. The Hall–Kier alpha value is -6.33. The van der Waals surface area contributed by atoms with E-state index in [-0.39, 0.29) is 12.0 Å². The molecule has 6 aromatic carbocycles. The molecule has 0 saturated carbocycles. The molecule has 5 heteroatoms. The number of aromatic nitrogens is 3. The van der Waals surface area contributed by atoms with Gasteiger partial charge in [-0.25, -0.2) is 15.0 Å². The topological polar surface area (TPSA) is 61.0 Å². The predicted molar refractivity (Wildman–Crippen MR) is 191 cm³/mol. The Morgan fingerprint density at radius 1 is 0.542 bits per heavy atom. The molecule has 2 aliphatic rings. The van der Waals surface area contributed by atoms with Crippen LogP contribution in [0.3, 0.4) is 0 Å². The first kappa shape index (κ1) is 26.8. The summed E-state index contributed by atoms with van der Waals surface area (Å²) in [7, 11) is 0. The molecule has 0 amide bonds. The van der Waals surface area contributed by atoms with Gasteiger partial charge in [0, 0.05) is 33.0 Å². The lowest BCUT2D eigenvalue weighted by Gasteiger charge is -2.25. The molecule has 1 aliphatic heterocycles. The molecule has 8 aromatic rings. The van der Waals surface area contributed by atoms with Gasteiger partial charge in [0.1, 0.15) is 23.0 Å². The van der Waals surface area contributed by atoms with E-state index in [0.29, 0.717) is 17.5 Å². The highest BCUT2D eigenvalue weighted by atomic mass is 16.5. The van der Waals surface area contributed by atoms with Gasteiger partial charge in [0.2, 0.25) is 0 Å². The summed E-state index contributed by atoms with van der Waals surface area (Å²) in [5.41, 5.74) is 7.79. The van der Waals surface area contributed by atoms with E-state index in [4.69, 9.17) is 24.1 Å². The summed E-state index contributed by atoms with van der Waals surface area (Å²) in [6.07, 6.45) is 4.27. The second-order valence-corrected chi connectivity index (χ2v) is 12.3. The fourth-order valence-corrected chi connectivity index (χ4v) is 7.25. The first-order chi connectivity index (χ1) is 23.8. The van der Waals surface area contributed by atoms with Crippen molar-refractivity contribution >= 4 is 43.9 Å². The summed E-state index contributed by atoms with van der Waals surface area (Å²) >= 11 is 0. The number of fused-ring (bicyclic) bond motifs is 7. The zero-order valence-corrected chi connectivity index (χ0v) is 25.7. The number of rotatable bonds is 4. The molecule has 5 nitrogen and oxygen atoms in total. The summed E-state index contributed by atoms with van der Waals surface area (Å²) in [4.78, 5) is 15.7. The Morgan fingerprint density at radius 3 is 2.23 bits per heavy atom. The number of allylic oxidation sites excluding steroid dienone is 2. The number of nitrogens with zero attached hydrogens (tertiary/aromatic N) is 3. The first-order valence-electron chi connectivity index (χ1n) is 16.2. The minimum atomic E-state index is -0.191. The van der Waals surface area contributed by atoms with E-state index >= 15 is 0 Å². The van der Waals surface area contributed by atoms with E-state index in [9.17, 15) is 0 Å². The summed E-state index contributed by atoms with van der Waals surface area (Å²) in [5, 5.41) is 4.32. The van der Waals surface area contributed by atoms with Gasteiger partial charge in [-0.2, -0.15) is 0 Å². The number of benzene rings is 6. The summed E-state index contributed by atoms with van der Waals surface area (Å²) in [6.45, 7) is 0. The van der Waals surface area contributed by atoms with Gasteiger partial charge in [-0.3, -0.25) is 0 Å². The van der Waals surface area contributed by atoms with Crippen LogP contribution in [0.5, 0.6) is 5.75 Å². The second-order valence-electron chi connectivity index (χ2n) is 12.3. The third kappa shape index (κ3) is 4.28. The summed E-state index contributed by atoms with van der Waals surface area (Å²) < 4.78 is 12.9. The molecule has 2 unspecified atom stereocenters. The Morgan fingerprint density at radius 2 is 1.29 bits per heavy atom. The van der Waals surface area contributed by atoms with Crippen LogP contribution < -0.4 is 4.74 Å². The van der Waals surface area contributed by atoms with Crippen molar-refractivity contribution in [3.05, 3.63) is 169 Å². The van der Waals surface area contributed by atoms with Gasteiger partial charge in [-0.05, 0) is 58.3 Å². The second kappa shape index (κ2) is 10.6. The molecular weight excluding hydrogens is 590 g/mol. The fourth-order valence-electron chi connectivity index (χ4n) is 7.25. The van der Waals surface area contributed by atoms with Crippen LogP contribution in [0.15, 0.2) is 156 Å². The number of hydrogen-bond acceptors (Lipinski definition) is 5. The number of hydrogen-bond donors (Lipinski definition) is 0. The van der Waals surface area contributed by atoms with E-state index in [1.54, 1.807) is 0 Å². The fraction of sp³-hybridized carbons (Fsp3) is 0.0465. The van der Waals surface area contributed by atoms with Crippen molar-refractivity contribution in [1.29, 1.82) is 0 Å². The van der Waals surface area contributed by atoms with E-state index in [1.165, 1.54) is 5.39 Å². The summed E-state index contributed by atoms with van der Waals surface area (Å²) in [5.74, 6) is 2.66. The Kier molecular flexibility index (Phi) is 5.93. The van der Waals surface area contributed by atoms with Gasteiger partial charge >= 0.3 is 0 Å². The van der Waals surface area contributed by atoms with Crippen molar-refractivity contribution in [2.24, 2.45) is 0 Å². The molecule has 0 spiro atoms. The van der Waals surface area contributed by atoms with Crippen molar-refractivity contribution in [2.45, 2.75) is 12.0 Å². The number of furan rings is 1. The maximum absolute atomic E-state index is 6.59. The van der Waals surface area contributed by atoms with Crippen LogP contribution in [-0.2, 0) is 0 Å². The van der Waals surface area contributed by atoms with Crippen molar-refractivity contribution in [3.8, 4) is 28.5 Å². The van der Waals surface area contributed by atoms with E-state index < -0.39 is 0 Å². The molecule has 10 rings (SSSR count). The quantitative estimate of drug-likeness (QED) is 0.197. The van der Waals surface area contributed by atoms with Crippen LogP contribution in [0.4, 0.5) is 0 Å². The largest absolute Gasteiger partial charge is 0.485 e. The third-order valence-electron chi connectivity index (χ3n) is 9.49. The van der Waals surface area contributed by atoms with E-state index in [1.807, 2.05) is 48.5 Å². The normalized spacial score (nSPS) is 16.8. The molecule has 2 atom stereocenters. The first-order valence-corrected chi connectivity index (χ1v) is 16.2. The van der Waals surface area contributed by atoms with Crippen molar-refractivity contribution in [2.75, 3.05) is 0 Å². The molecule has 1 aliphatic carbocycles. The average molecular weight is 618 g/mol. The van der Waals surface area contributed by atoms with Crippen LogP contribution in [0.25, 0.3) is 66.6 Å². The van der Waals surface area contributed by atoms with Crippen LogP contribution >= 0.6 is 0 Å². The molecule has 2 aromatic heterocycles. The van der Waals surface area contributed by atoms with Gasteiger partial charge in [0.15, 0.2) is 17.5 Å². The average Bonchev–Trinajstić information content (AvgIpc) is 3.73. The van der Waals surface area contributed by atoms with Gasteiger partial charge < -0.3 is 9.15 Å². The van der Waals surface area contributed by atoms with Gasteiger partial charge in [-0.1, -0.05) is 115 Å². The molecule has 0 fully saturated rings. The van der Waals surface area contributed by atoms with Crippen molar-refractivity contribution in [1.82, 2.24) is 15.0 Å². The Labute approximate surface area is 276 Å². The van der Waals surface area contributed by atoms with E-state index in [0.717, 1.165) is 66.5 Å². The molecule has 0 N–H and O–H groups in total. The van der Waals surface area contributed by atoms with Crippen LogP contribution in [-0.4, -0.2) is 21.1 Å². The van der Waals surface area contributed by atoms with E-state index in [2.05, 4.69) is 103 Å². The minimum absolute atomic E-state index is 0.0705. The smallest absolute Gasteiger partial charge is 0.164 e. The molecule has 226 valence electrons. The highest BCUT2D eigenvalue weighted by Gasteiger charge is 2.40. The molecule has 0 saturated heterocycles. The lowest BCUT2D eigenvalue weighted by Crippen LogP contribution is -2.22. The molecule has 48 heavy (non-hydrogen) atoms. The monoisotopic (exact) mass is 617 g/mol. The lowest BCUT2D eigenvalue weighted by molar-refractivity contribution is 0.272. The lowest BCUT2D eigenvalue weighted by atomic mass is 9.81. The minimum Gasteiger partial charge on any atom is -0.485 e. The third-order valence-corrected chi connectivity index (χ3v) is 9.49. The maximum Gasteiger partial charge on any atom is 0.164 e.